The van der Waals surface area contributed by atoms with Crippen molar-refractivity contribution in [2.24, 2.45) is 0 Å². The van der Waals surface area contributed by atoms with Crippen LogP contribution in [0.15, 0.2) is 59.1 Å². The highest BCUT2D eigenvalue weighted by Gasteiger charge is 2.45. The van der Waals surface area contributed by atoms with Gasteiger partial charge in [0.05, 0.1) is 31.8 Å². The van der Waals surface area contributed by atoms with Crippen LogP contribution in [0.25, 0.3) is 10.9 Å². The van der Waals surface area contributed by atoms with Gasteiger partial charge in [0.25, 0.3) is 0 Å². The van der Waals surface area contributed by atoms with Gasteiger partial charge in [0.2, 0.25) is 17.6 Å². The van der Waals surface area contributed by atoms with Crippen molar-refractivity contribution >= 4 is 26.8 Å². The summed E-state index contributed by atoms with van der Waals surface area (Å²) >= 11 is 3.60. The summed E-state index contributed by atoms with van der Waals surface area (Å²) in [5.41, 5.74) is 1.28. The summed E-state index contributed by atoms with van der Waals surface area (Å²) in [6.45, 7) is 6.03. The van der Waals surface area contributed by atoms with Gasteiger partial charge in [0.15, 0.2) is 11.5 Å². The van der Waals surface area contributed by atoms with Gasteiger partial charge in [-0.1, -0.05) is 28.1 Å². The van der Waals surface area contributed by atoms with E-state index < -0.39 is 11.5 Å². The standard InChI is InChI=1S/C33H38BrN3O6/c1-6-40-28-19-22(20-29(36-28)41-7-2)33(38,13-14-37(3)4)30(24-9-8-10-27-31(24)43-16-15-42-27)25-18-21-17-23(34)11-12-26(21)35-32(25)39-5/h8-12,17-20,30,38H,6-7,13-16H2,1-5H3/t30-,33-/m1/s1. The molecule has 2 atom stereocenters. The van der Waals surface area contributed by atoms with E-state index in [9.17, 15) is 5.11 Å². The maximum atomic E-state index is 13.3. The summed E-state index contributed by atoms with van der Waals surface area (Å²) in [6, 6.07) is 17.3. The maximum Gasteiger partial charge on any atom is 0.217 e. The second kappa shape index (κ2) is 13.4. The molecule has 0 radical (unpaired) electrons. The molecule has 43 heavy (non-hydrogen) atoms. The first-order valence-corrected chi connectivity index (χ1v) is 15.2. The van der Waals surface area contributed by atoms with Gasteiger partial charge in [0, 0.05) is 39.7 Å². The smallest absolute Gasteiger partial charge is 0.217 e. The Bertz CT molecular complexity index is 1560. The Morgan fingerprint density at radius 2 is 1.67 bits per heavy atom. The molecule has 1 aliphatic heterocycles. The lowest BCUT2D eigenvalue weighted by molar-refractivity contribution is 0.00206. The van der Waals surface area contributed by atoms with E-state index in [0.717, 1.165) is 20.9 Å². The Kier molecular flexibility index (Phi) is 9.59. The lowest BCUT2D eigenvalue weighted by Crippen LogP contribution is -2.38. The number of pyridine rings is 2. The molecule has 1 aliphatic rings. The quantitative estimate of drug-likeness (QED) is 0.200. The first kappa shape index (κ1) is 30.8. The van der Waals surface area contributed by atoms with Gasteiger partial charge in [-0.15, -0.1) is 0 Å². The number of halogens is 1. The van der Waals surface area contributed by atoms with Crippen molar-refractivity contribution in [1.82, 2.24) is 14.9 Å². The molecule has 5 rings (SSSR count). The molecule has 228 valence electrons. The summed E-state index contributed by atoms with van der Waals surface area (Å²) in [5, 5.41) is 14.2. The van der Waals surface area contributed by atoms with Gasteiger partial charge in [-0.2, -0.15) is 4.98 Å². The second-order valence-corrected chi connectivity index (χ2v) is 11.5. The number of methoxy groups -OCH3 is 1. The Hall–Kier alpha value is -3.60. The van der Waals surface area contributed by atoms with Gasteiger partial charge >= 0.3 is 0 Å². The monoisotopic (exact) mass is 651 g/mol. The molecule has 0 spiro atoms. The minimum atomic E-state index is -1.53. The highest BCUT2D eigenvalue weighted by atomic mass is 79.9. The normalized spacial score (nSPS) is 14.8. The van der Waals surface area contributed by atoms with E-state index in [0.29, 0.717) is 79.7 Å². The molecule has 0 bridgehead atoms. The molecule has 0 saturated carbocycles. The highest BCUT2D eigenvalue weighted by Crippen LogP contribution is 2.52. The number of hydrogen-bond donors (Lipinski definition) is 1. The lowest BCUT2D eigenvalue weighted by Gasteiger charge is -2.40. The van der Waals surface area contributed by atoms with E-state index in [-0.39, 0.29) is 0 Å². The molecule has 1 N–H and O–H groups in total. The fourth-order valence-corrected chi connectivity index (χ4v) is 5.92. The van der Waals surface area contributed by atoms with Crippen molar-refractivity contribution < 1.29 is 28.8 Å². The summed E-state index contributed by atoms with van der Waals surface area (Å²) in [5.74, 6) is 1.64. The predicted octanol–water partition coefficient (Wildman–Crippen LogP) is 5.94. The van der Waals surface area contributed by atoms with Crippen LogP contribution in [0.2, 0.25) is 0 Å². The molecule has 3 heterocycles. The zero-order valence-electron chi connectivity index (χ0n) is 25.2. The SMILES string of the molecule is CCOc1cc([C@](O)(CCN(C)C)[C@@H](c2cc3cc(Br)ccc3nc2OC)c2cccc3c2OCCO3)cc(OCC)n1. The second-order valence-electron chi connectivity index (χ2n) is 10.6. The van der Waals surface area contributed by atoms with Crippen LogP contribution in [-0.2, 0) is 5.60 Å². The molecular formula is C33H38BrN3O6. The van der Waals surface area contributed by atoms with Crippen LogP contribution in [-0.4, -0.2) is 74.2 Å². The zero-order chi connectivity index (χ0) is 30.6. The molecule has 0 saturated heterocycles. The Morgan fingerprint density at radius 1 is 0.953 bits per heavy atom. The van der Waals surface area contributed by atoms with Gasteiger partial charge in [-0.25, -0.2) is 4.98 Å². The van der Waals surface area contributed by atoms with E-state index in [4.69, 9.17) is 28.7 Å². The van der Waals surface area contributed by atoms with Crippen LogP contribution < -0.4 is 23.7 Å². The van der Waals surface area contributed by atoms with Crippen molar-refractivity contribution in [2.45, 2.75) is 31.8 Å². The maximum absolute atomic E-state index is 13.3. The number of rotatable bonds is 12. The van der Waals surface area contributed by atoms with Crippen molar-refractivity contribution in [3.05, 3.63) is 75.8 Å². The molecule has 10 heteroatoms. The van der Waals surface area contributed by atoms with E-state index in [1.807, 2.05) is 75.3 Å². The van der Waals surface area contributed by atoms with Crippen LogP contribution in [0.4, 0.5) is 0 Å². The lowest BCUT2D eigenvalue weighted by atomic mass is 9.71. The molecule has 0 amide bonds. The molecule has 0 aliphatic carbocycles. The number of aliphatic hydroxyl groups is 1. The molecule has 4 aromatic rings. The summed E-state index contributed by atoms with van der Waals surface area (Å²) < 4.78 is 30.8. The number of benzene rings is 2. The molecule has 2 aromatic heterocycles. The average molecular weight is 653 g/mol. The summed E-state index contributed by atoms with van der Waals surface area (Å²) in [4.78, 5) is 11.5. The highest BCUT2D eigenvalue weighted by molar-refractivity contribution is 9.10. The predicted molar refractivity (Wildman–Crippen MR) is 169 cm³/mol. The van der Waals surface area contributed by atoms with Gasteiger partial charge < -0.3 is 33.7 Å². The topological polar surface area (TPSA) is 95.4 Å². The first-order chi connectivity index (χ1) is 20.8. The third kappa shape index (κ3) is 6.51. The molecule has 0 unspecified atom stereocenters. The van der Waals surface area contributed by atoms with Gasteiger partial charge in [0.1, 0.15) is 18.8 Å². The Balaban J connectivity index is 1.85. The number of ether oxygens (including phenoxy) is 5. The number of fused-ring (bicyclic) bond motifs is 2. The van der Waals surface area contributed by atoms with E-state index >= 15 is 0 Å². The average Bonchev–Trinajstić information content (AvgIpc) is 3.00. The minimum Gasteiger partial charge on any atom is -0.486 e. The minimum absolute atomic E-state index is 0.343. The van der Waals surface area contributed by atoms with Crippen LogP contribution in [0, 0.1) is 0 Å². The number of aromatic nitrogens is 2. The third-order valence-electron chi connectivity index (χ3n) is 7.46. The first-order valence-electron chi connectivity index (χ1n) is 14.4. The number of nitrogens with zero attached hydrogens (tertiary/aromatic N) is 3. The van der Waals surface area contributed by atoms with Gasteiger partial charge in [-0.3, -0.25) is 0 Å². The van der Waals surface area contributed by atoms with Crippen molar-refractivity contribution in [2.75, 3.05) is 54.2 Å². The van der Waals surface area contributed by atoms with Crippen LogP contribution in [0.1, 0.15) is 42.9 Å². The van der Waals surface area contributed by atoms with Gasteiger partial charge in [-0.05, 0) is 70.3 Å². The van der Waals surface area contributed by atoms with Crippen LogP contribution >= 0.6 is 15.9 Å². The molecule has 2 aromatic carbocycles. The largest absolute Gasteiger partial charge is 0.486 e. The Morgan fingerprint density at radius 3 is 2.35 bits per heavy atom. The molecular weight excluding hydrogens is 614 g/mol. The molecule has 9 nitrogen and oxygen atoms in total. The van der Waals surface area contributed by atoms with Crippen molar-refractivity contribution in [1.29, 1.82) is 0 Å². The van der Waals surface area contributed by atoms with Crippen molar-refractivity contribution in [3.63, 3.8) is 0 Å². The molecule has 0 fully saturated rings. The number of para-hydroxylation sites is 1. The Labute approximate surface area is 260 Å². The van der Waals surface area contributed by atoms with Crippen LogP contribution in [0.5, 0.6) is 29.1 Å². The van der Waals surface area contributed by atoms with Crippen molar-refractivity contribution in [3.8, 4) is 29.1 Å². The van der Waals surface area contributed by atoms with E-state index in [1.165, 1.54) is 0 Å². The summed E-state index contributed by atoms with van der Waals surface area (Å²) in [6.07, 6.45) is 0.343. The van der Waals surface area contributed by atoms with E-state index in [2.05, 4.69) is 20.9 Å². The van der Waals surface area contributed by atoms with Crippen LogP contribution in [0.3, 0.4) is 0 Å². The third-order valence-corrected chi connectivity index (χ3v) is 7.96. The fourth-order valence-electron chi connectivity index (χ4n) is 5.55. The zero-order valence-corrected chi connectivity index (χ0v) is 26.8. The number of hydrogen-bond acceptors (Lipinski definition) is 9. The summed E-state index contributed by atoms with van der Waals surface area (Å²) in [7, 11) is 5.56. The van der Waals surface area contributed by atoms with E-state index in [1.54, 1.807) is 19.2 Å². The fraction of sp³-hybridized carbons (Fsp3) is 0.394.